The van der Waals surface area contributed by atoms with Crippen LogP contribution in [0, 0.1) is 5.82 Å². The maximum Gasteiger partial charge on any atom is 0.149 e. The lowest BCUT2D eigenvalue weighted by atomic mass is 10.0. The van der Waals surface area contributed by atoms with Crippen molar-refractivity contribution in [3.05, 3.63) is 71.9 Å². The molecule has 0 spiro atoms. The van der Waals surface area contributed by atoms with Crippen molar-refractivity contribution in [1.29, 1.82) is 0 Å². The molecule has 1 aromatic rings. The van der Waals surface area contributed by atoms with E-state index in [1.165, 1.54) is 31.2 Å². The second-order valence-electron chi connectivity index (χ2n) is 3.54. The van der Waals surface area contributed by atoms with Gasteiger partial charge >= 0.3 is 0 Å². The minimum atomic E-state index is -1.58. The quantitative estimate of drug-likeness (QED) is 0.659. The lowest BCUT2D eigenvalue weighted by Crippen LogP contribution is -1.95. The predicted octanol–water partition coefficient (Wildman–Crippen LogP) is 4.82. The molecular weight excluding hydrogens is 225 g/mol. The fraction of sp³-hybridized carbons (Fsp3) is 0.143. The van der Waals surface area contributed by atoms with Crippen LogP contribution < -0.4 is 0 Å². The van der Waals surface area contributed by atoms with Crippen LogP contribution in [0.25, 0.3) is 0 Å². The molecular formula is C14H13F3. The molecule has 0 amide bonds. The van der Waals surface area contributed by atoms with Crippen LogP contribution in [0.5, 0.6) is 0 Å². The predicted molar refractivity (Wildman–Crippen MR) is 63.4 cm³/mol. The minimum Gasteiger partial charge on any atom is -0.237 e. The maximum atomic E-state index is 13.9. The van der Waals surface area contributed by atoms with Gasteiger partial charge in [0.15, 0.2) is 0 Å². The summed E-state index contributed by atoms with van der Waals surface area (Å²) in [6, 6.07) is 4.89. The molecule has 0 aromatic heterocycles. The average Bonchev–Trinajstić information content (AvgIpc) is 2.35. The number of benzene rings is 1. The van der Waals surface area contributed by atoms with Crippen molar-refractivity contribution in [1.82, 2.24) is 0 Å². The highest BCUT2D eigenvalue weighted by atomic mass is 19.1. The summed E-state index contributed by atoms with van der Waals surface area (Å²) in [5.41, 5.74) is 0.181. The van der Waals surface area contributed by atoms with E-state index in [2.05, 4.69) is 6.58 Å². The Labute approximate surface area is 98.8 Å². The molecule has 0 radical (unpaired) electrons. The smallest absolute Gasteiger partial charge is 0.149 e. The van der Waals surface area contributed by atoms with E-state index in [4.69, 9.17) is 0 Å². The van der Waals surface area contributed by atoms with Crippen LogP contribution >= 0.6 is 0 Å². The molecule has 0 saturated heterocycles. The van der Waals surface area contributed by atoms with Crippen LogP contribution in [-0.4, -0.2) is 0 Å². The van der Waals surface area contributed by atoms with Gasteiger partial charge in [0, 0.05) is 5.57 Å². The molecule has 0 aliphatic rings. The van der Waals surface area contributed by atoms with Gasteiger partial charge in [-0.15, -0.1) is 0 Å². The van der Waals surface area contributed by atoms with Gasteiger partial charge in [-0.05, 0) is 30.7 Å². The van der Waals surface area contributed by atoms with Gasteiger partial charge in [-0.1, -0.05) is 30.9 Å². The maximum absolute atomic E-state index is 13.9. The van der Waals surface area contributed by atoms with E-state index in [1.54, 1.807) is 0 Å². The van der Waals surface area contributed by atoms with E-state index >= 15 is 0 Å². The SMILES string of the molecule is C=C/C=C\C(F)=C(/C)C(F)c1ccc(F)cc1. The summed E-state index contributed by atoms with van der Waals surface area (Å²) in [7, 11) is 0. The van der Waals surface area contributed by atoms with E-state index in [1.807, 2.05) is 0 Å². The molecule has 1 aromatic carbocycles. The van der Waals surface area contributed by atoms with Gasteiger partial charge < -0.3 is 0 Å². The highest BCUT2D eigenvalue weighted by molar-refractivity contribution is 5.30. The fourth-order valence-electron chi connectivity index (χ4n) is 1.29. The van der Waals surface area contributed by atoms with E-state index in [9.17, 15) is 13.2 Å². The summed E-state index contributed by atoms with van der Waals surface area (Å²) < 4.78 is 39.9. The van der Waals surface area contributed by atoms with Gasteiger partial charge in [-0.2, -0.15) is 0 Å². The Balaban J connectivity index is 2.96. The number of allylic oxidation sites excluding steroid dienone is 5. The van der Waals surface area contributed by atoms with Crippen molar-refractivity contribution in [3.8, 4) is 0 Å². The molecule has 1 rings (SSSR count). The number of rotatable bonds is 4. The zero-order valence-corrected chi connectivity index (χ0v) is 9.46. The van der Waals surface area contributed by atoms with Crippen LogP contribution in [0.3, 0.4) is 0 Å². The second kappa shape index (κ2) is 6.09. The van der Waals surface area contributed by atoms with Gasteiger partial charge in [-0.25, -0.2) is 13.2 Å². The molecule has 0 saturated carbocycles. The Morgan fingerprint density at radius 1 is 1.29 bits per heavy atom. The minimum absolute atomic E-state index is 0.0466. The first-order valence-electron chi connectivity index (χ1n) is 5.11. The zero-order valence-electron chi connectivity index (χ0n) is 9.46. The number of hydrogen-bond donors (Lipinski definition) is 0. The largest absolute Gasteiger partial charge is 0.237 e. The van der Waals surface area contributed by atoms with Crippen LogP contribution in [0.4, 0.5) is 13.2 Å². The molecule has 90 valence electrons. The first-order chi connectivity index (χ1) is 8.06. The standard InChI is InChI=1S/C14H13F3/c1-3-4-5-13(16)10(2)14(17)11-6-8-12(15)9-7-11/h3-9,14H,1H2,2H3/b5-4-,13-10-. The molecule has 3 heteroatoms. The first-order valence-corrected chi connectivity index (χ1v) is 5.11. The van der Waals surface area contributed by atoms with Crippen LogP contribution in [0.15, 0.2) is 60.5 Å². The summed E-state index contributed by atoms with van der Waals surface area (Å²) >= 11 is 0. The third kappa shape index (κ3) is 3.63. The molecule has 1 atom stereocenters. The van der Waals surface area contributed by atoms with Crippen molar-refractivity contribution in [2.24, 2.45) is 0 Å². The third-order valence-electron chi connectivity index (χ3n) is 2.30. The summed E-state index contributed by atoms with van der Waals surface area (Å²) in [6.07, 6.45) is 2.34. The summed E-state index contributed by atoms with van der Waals surface area (Å²) in [5, 5.41) is 0. The monoisotopic (exact) mass is 238 g/mol. The first kappa shape index (κ1) is 13.3. The molecule has 0 bridgehead atoms. The topological polar surface area (TPSA) is 0 Å². The molecule has 1 unspecified atom stereocenters. The summed E-state index contributed by atoms with van der Waals surface area (Å²) in [6.45, 7) is 4.75. The summed E-state index contributed by atoms with van der Waals surface area (Å²) in [4.78, 5) is 0. The normalized spacial score (nSPS) is 14.6. The van der Waals surface area contributed by atoms with Gasteiger partial charge in [0.05, 0.1) is 0 Å². The van der Waals surface area contributed by atoms with Crippen LogP contribution in [0.1, 0.15) is 18.7 Å². The molecule has 0 N–H and O–H groups in total. The van der Waals surface area contributed by atoms with Gasteiger partial charge in [0.2, 0.25) is 0 Å². The average molecular weight is 238 g/mol. The molecule has 0 nitrogen and oxygen atoms in total. The van der Waals surface area contributed by atoms with Crippen molar-refractivity contribution < 1.29 is 13.2 Å². The Bertz CT molecular complexity index is 441. The van der Waals surface area contributed by atoms with Crippen LogP contribution in [0.2, 0.25) is 0 Å². The van der Waals surface area contributed by atoms with Crippen molar-refractivity contribution >= 4 is 0 Å². The molecule has 0 fully saturated rings. The van der Waals surface area contributed by atoms with Crippen molar-refractivity contribution in [3.63, 3.8) is 0 Å². The Hall–Kier alpha value is -1.77. The fourth-order valence-corrected chi connectivity index (χ4v) is 1.29. The van der Waals surface area contributed by atoms with Crippen molar-refractivity contribution in [2.75, 3.05) is 0 Å². The van der Waals surface area contributed by atoms with Gasteiger partial charge in [-0.3, -0.25) is 0 Å². The summed E-state index contributed by atoms with van der Waals surface area (Å²) in [5.74, 6) is -1.10. The highest BCUT2D eigenvalue weighted by Crippen LogP contribution is 2.28. The van der Waals surface area contributed by atoms with E-state index in [-0.39, 0.29) is 11.1 Å². The van der Waals surface area contributed by atoms with Crippen LogP contribution in [-0.2, 0) is 0 Å². The van der Waals surface area contributed by atoms with Gasteiger partial charge in [0.25, 0.3) is 0 Å². The molecule has 17 heavy (non-hydrogen) atoms. The van der Waals surface area contributed by atoms with E-state index < -0.39 is 17.8 Å². The number of halogens is 3. The second-order valence-corrected chi connectivity index (χ2v) is 3.54. The van der Waals surface area contributed by atoms with E-state index in [0.29, 0.717) is 0 Å². The van der Waals surface area contributed by atoms with E-state index in [0.717, 1.165) is 18.2 Å². The zero-order chi connectivity index (χ0) is 12.8. The number of alkyl halides is 1. The Morgan fingerprint density at radius 2 is 1.88 bits per heavy atom. The molecule has 0 heterocycles. The lowest BCUT2D eigenvalue weighted by Gasteiger charge is -2.09. The lowest BCUT2D eigenvalue weighted by molar-refractivity contribution is 0.385. The number of hydrogen-bond acceptors (Lipinski definition) is 0. The van der Waals surface area contributed by atoms with Crippen molar-refractivity contribution in [2.45, 2.75) is 13.1 Å². The molecule has 0 aliphatic carbocycles. The van der Waals surface area contributed by atoms with Gasteiger partial charge in [0.1, 0.15) is 17.8 Å². The molecule has 0 aliphatic heterocycles. The Morgan fingerprint density at radius 3 is 2.41 bits per heavy atom. The highest BCUT2D eigenvalue weighted by Gasteiger charge is 2.15. The third-order valence-corrected chi connectivity index (χ3v) is 2.30. The Kier molecular flexibility index (Phi) is 4.76.